The highest BCUT2D eigenvalue weighted by Crippen LogP contribution is 2.45. The van der Waals surface area contributed by atoms with Gasteiger partial charge in [0.2, 0.25) is 11.8 Å². The van der Waals surface area contributed by atoms with Gasteiger partial charge in [-0.3, -0.25) is 14.4 Å². The molecule has 0 radical (unpaired) electrons. The molecule has 11 heteroatoms. The van der Waals surface area contributed by atoms with Crippen LogP contribution in [0.5, 0.6) is 0 Å². The monoisotopic (exact) mass is 638 g/mol. The molecule has 3 N–H and O–H groups in total. The van der Waals surface area contributed by atoms with E-state index in [9.17, 15) is 29.1 Å². The summed E-state index contributed by atoms with van der Waals surface area (Å²) < 4.78 is 5.75. The Kier molecular flexibility index (Phi) is 11.5. The van der Waals surface area contributed by atoms with Gasteiger partial charge in [-0.2, -0.15) is 0 Å². The van der Waals surface area contributed by atoms with Gasteiger partial charge < -0.3 is 30.3 Å². The molecule has 1 saturated carbocycles. The zero-order valence-electron chi connectivity index (χ0n) is 27.7. The van der Waals surface area contributed by atoms with Gasteiger partial charge in [0.15, 0.2) is 0 Å². The van der Waals surface area contributed by atoms with Crippen molar-refractivity contribution in [2.75, 3.05) is 26.2 Å². The fraction of sp³-hybridized carbons (Fsp3) is 0.629. The third kappa shape index (κ3) is 8.47. The Bertz CT molecular complexity index is 1320. The smallest absolute Gasteiger partial charge is 0.407 e. The lowest BCUT2D eigenvalue weighted by molar-refractivity contribution is -0.145. The number of hydrogen-bond acceptors (Lipinski definition) is 6. The SMILES string of the molecule is CCCCCC/C=C\C1C[C@]1(NC(=O)[C@@H]1CCCN1C(=O)CNC(=O)O[C@H](CN1CCc2ccccc2C1=O)C(C)(C)C)C(=O)O. The van der Waals surface area contributed by atoms with Crippen molar-refractivity contribution in [1.82, 2.24) is 20.4 Å². The van der Waals surface area contributed by atoms with Crippen molar-refractivity contribution in [3.05, 3.63) is 47.5 Å². The Balaban J connectivity index is 1.28. The van der Waals surface area contributed by atoms with E-state index in [1.165, 1.54) is 11.3 Å². The number of benzene rings is 1. The summed E-state index contributed by atoms with van der Waals surface area (Å²) in [5, 5.41) is 15.2. The maximum Gasteiger partial charge on any atom is 0.407 e. The average Bonchev–Trinajstić information content (AvgIpc) is 3.47. The number of unbranched alkanes of at least 4 members (excludes halogenated alkanes) is 4. The third-order valence-electron chi connectivity index (χ3n) is 9.38. The van der Waals surface area contributed by atoms with Crippen LogP contribution >= 0.6 is 0 Å². The molecule has 11 nitrogen and oxygen atoms in total. The molecule has 1 unspecified atom stereocenters. The van der Waals surface area contributed by atoms with E-state index >= 15 is 0 Å². The van der Waals surface area contributed by atoms with Crippen molar-refractivity contribution >= 4 is 29.8 Å². The van der Waals surface area contributed by atoms with Gasteiger partial charge in [-0.05, 0) is 50.2 Å². The van der Waals surface area contributed by atoms with E-state index in [-0.39, 0.29) is 24.9 Å². The van der Waals surface area contributed by atoms with Crippen molar-refractivity contribution in [3.63, 3.8) is 0 Å². The number of carboxylic acids is 1. The Morgan fingerprint density at radius 1 is 1.13 bits per heavy atom. The fourth-order valence-corrected chi connectivity index (χ4v) is 6.31. The summed E-state index contributed by atoms with van der Waals surface area (Å²) in [5.74, 6) is -2.41. The summed E-state index contributed by atoms with van der Waals surface area (Å²) in [6.07, 6.45) is 9.89. The molecule has 1 aromatic rings. The Hall–Kier alpha value is -3.89. The molecule has 46 heavy (non-hydrogen) atoms. The number of carboxylic acid groups (broad SMARTS) is 1. The standard InChI is InChI=1S/C35H50N4O7/c1-5-6-7-8-9-10-15-25-21-35(25,32(43)44)37-30(41)27-17-13-19-39(27)29(40)22-36-33(45)46-28(34(2,3)4)23-38-20-18-24-14-11-12-16-26(24)31(38)42/h10-12,14-16,25,27-28H,5-9,13,17-23H2,1-4H3,(H,36,45)(H,37,41)(H,43,44)/b15-10-/t25?,27-,28+,35+/m0/s1. The molecule has 1 aromatic carbocycles. The molecule has 0 bridgehead atoms. The highest BCUT2D eigenvalue weighted by atomic mass is 16.6. The van der Waals surface area contributed by atoms with Crippen LogP contribution in [0.15, 0.2) is 36.4 Å². The van der Waals surface area contributed by atoms with Crippen LogP contribution < -0.4 is 10.6 Å². The van der Waals surface area contributed by atoms with E-state index in [1.807, 2.05) is 51.1 Å². The van der Waals surface area contributed by atoms with Crippen LogP contribution in [-0.4, -0.2) is 88.6 Å². The number of carbonyl (C=O) groups is 5. The molecule has 1 saturated heterocycles. The molecule has 2 aliphatic heterocycles. The second-order valence-electron chi connectivity index (χ2n) is 13.9. The van der Waals surface area contributed by atoms with Gasteiger partial charge >= 0.3 is 12.1 Å². The summed E-state index contributed by atoms with van der Waals surface area (Å²) >= 11 is 0. The third-order valence-corrected chi connectivity index (χ3v) is 9.38. The van der Waals surface area contributed by atoms with Gasteiger partial charge in [-0.25, -0.2) is 9.59 Å². The van der Waals surface area contributed by atoms with Crippen LogP contribution in [0.4, 0.5) is 4.79 Å². The number of ether oxygens (including phenoxy) is 1. The van der Waals surface area contributed by atoms with E-state index in [1.54, 1.807) is 11.0 Å². The van der Waals surface area contributed by atoms with E-state index in [0.717, 1.165) is 31.2 Å². The molecule has 4 atom stereocenters. The molecule has 0 aromatic heterocycles. The zero-order chi connectivity index (χ0) is 33.5. The Morgan fingerprint density at radius 2 is 1.89 bits per heavy atom. The lowest BCUT2D eigenvalue weighted by Gasteiger charge is -2.36. The lowest BCUT2D eigenvalue weighted by atomic mass is 9.88. The van der Waals surface area contributed by atoms with Crippen LogP contribution in [0.3, 0.4) is 0 Å². The number of likely N-dealkylation sites (tertiary alicyclic amines) is 1. The van der Waals surface area contributed by atoms with E-state index in [2.05, 4.69) is 17.6 Å². The Morgan fingerprint density at radius 3 is 2.61 bits per heavy atom. The van der Waals surface area contributed by atoms with Gasteiger partial charge in [0.05, 0.1) is 6.54 Å². The van der Waals surface area contributed by atoms with Crippen molar-refractivity contribution in [2.24, 2.45) is 11.3 Å². The molecule has 1 aliphatic carbocycles. The topological polar surface area (TPSA) is 145 Å². The molecule has 2 fully saturated rings. The van der Waals surface area contributed by atoms with Crippen LogP contribution in [0.1, 0.15) is 95.0 Å². The predicted molar refractivity (Wildman–Crippen MR) is 173 cm³/mol. The second kappa shape index (κ2) is 15.1. The van der Waals surface area contributed by atoms with Gasteiger partial charge in [-0.15, -0.1) is 0 Å². The van der Waals surface area contributed by atoms with Crippen LogP contribution in [0.2, 0.25) is 0 Å². The highest BCUT2D eigenvalue weighted by molar-refractivity contribution is 5.97. The minimum absolute atomic E-state index is 0.103. The fourth-order valence-electron chi connectivity index (χ4n) is 6.31. The summed E-state index contributed by atoms with van der Waals surface area (Å²) in [6.45, 7) is 8.60. The average molecular weight is 639 g/mol. The first-order valence-electron chi connectivity index (χ1n) is 16.7. The van der Waals surface area contributed by atoms with E-state index in [0.29, 0.717) is 44.3 Å². The van der Waals surface area contributed by atoms with Gasteiger partial charge in [-0.1, -0.05) is 77.3 Å². The number of nitrogens with zero attached hydrogens (tertiary/aromatic N) is 2. The molecular weight excluding hydrogens is 588 g/mol. The number of carbonyl (C=O) groups excluding carboxylic acids is 4. The van der Waals surface area contributed by atoms with Crippen LogP contribution in [-0.2, 0) is 25.5 Å². The first kappa shape index (κ1) is 35.0. The largest absolute Gasteiger partial charge is 0.479 e. The second-order valence-corrected chi connectivity index (χ2v) is 13.9. The minimum Gasteiger partial charge on any atom is -0.479 e. The number of rotatable bonds is 14. The molecule has 3 aliphatic rings. The summed E-state index contributed by atoms with van der Waals surface area (Å²) in [6, 6.07) is 6.69. The minimum atomic E-state index is -1.35. The summed E-state index contributed by atoms with van der Waals surface area (Å²) in [5.41, 5.74) is -0.179. The van der Waals surface area contributed by atoms with E-state index < -0.39 is 47.0 Å². The first-order chi connectivity index (χ1) is 21.9. The van der Waals surface area contributed by atoms with Crippen molar-refractivity contribution in [1.29, 1.82) is 0 Å². The van der Waals surface area contributed by atoms with Gasteiger partial charge in [0.25, 0.3) is 5.91 Å². The summed E-state index contributed by atoms with van der Waals surface area (Å²) in [4.78, 5) is 67.6. The molecule has 252 valence electrons. The number of fused-ring (bicyclic) bond motifs is 1. The van der Waals surface area contributed by atoms with Gasteiger partial charge in [0, 0.05) is 30.0 Å². The van der Waals surface area contributed by atoms with Crippen LogP contribution in [0, 0.1) is 11.3 Å². The number of nitrogens with one attached hydrogen (secondary N) is 2. The zero-order valence-corrected chi connectivity index (χ0v) is 27.7. The number of allylic oxidation sites excluding steroid dienone is 1. The molecule has 4 amide bonds. The normalized spacial score (nSPS) is 23.2. The lowest BCUT2D eigenvalue weighted by Crippen LogP contribution is -2.54. The number of alkyl carbamates (subject to hydrolysis) is 1. The molecule has 2 heterocycles. The Labute approximate surface area is 272 Å². The quantitative estimate of drug-likeness (QED) is 0.204. The number of aliphatic carboxylic acids is 1. The van der Waals surface area contributed by atoms with E-state index in [4.69, 9.17) is 4.74 Å². The maximum atomic E-state index is 13.3. The first-order valence-corrected chi connectivity index (χ1v) is 16.7. The molecular formula is C35H50N4O7. The maximum absolute atomic E-state index is 13.3. The van der Waals surface area contributed by atoms with Gasteiger partial charge in [0.1, 0.15) is 24.2 Å². The predicted octanol–water partition coefficient (Wildman–Crippen LogP) is 4.30. The van der Waals surface area contributed by atoms with Crippen LogP contribution in [0.25, 0.3) is 0 Å². The number of hydrogen-bond donors (Lipinski definition) is 3. The summed E-state index contributed by atoms with van der Waals surface area (Å²) in [7, 11) is 0. The molecule has 4 rings (SSSR count). The highest BCUT2D eigenvalue weighted by Gasteiger charge is 2.61. The number of amides is 4. The molecule has 0 spiro atoms. The van der Waals surface area contributed by atoms with Crippen molar-refractivity contribution in [3.8, 4) is 0 Å². The van der Waals surface area contributed by atoms with Crippen molar-refractivity contribution < 1.29 is 33.8 Å². The van der Waals surface area contributed by atoms with Crippen molar-refractivity contribution in [2.45, 2.75) is 103 Å².